The second-order valence-corrected chi connectivity index (χ2v) is 2.29. The maximum absolute atomic E-state index is 12.3. The van der Waals surface area contributed by atoms with Gasteiger partial charge in [-0.1, -0.05) is 16.6 Å². The molecule has 1 aromatic carbocycles. The Labute approximate surface area is 68.3 Å². The summed E-state index contributed by atoms with van der Waals surface area (Å²) in [5, 5.41) is -0.00671. The minimum atomic E-state index is -0.379. The van der Waals surface area contributed by atoms with Gasteiger partial charge in [0, 0.05) is 0 Å². The molecule has 4 heteroatoms. The molecule has 0 aliphatic heterocycles. The summed E-state index contributed by atoms with van der Waals surface area (Å²) < 4.78 is 24.6. The zero-order valence-corrected chi connectivity index (χ0v) is 6.21. The lowest BCUT2D eigenvalue weighted by Gasteiger charge is -2.04. The van der Waals surface area contributed by atoms with Crippen molar-refractivity contribution in [1.29, 1.82) is 0 Å². The monoisotopic (exact) mass is 171 g/mol. The van der Waals surface area contributed by atoms with E-state index in [9.17, 15) is 13.7 Å². The third-order valence-electron chi connectivity index (χ3n) is 1.36. The van der Waals surface area contributed by atoms with E-state index < -0.39 is 0 Å². The van der Waals surface area contributed by atoms with Crippen molar-refractivity contribution < 1.29 is 13.7 Å². The average molecular weight is 171 g/mol. The standard InChI is InChI=1S/C8H7F2NO/c9-8-3-1-7(2-4-8)5-11(10)6-12/h1-4,6H,5H2. The van der Waals surface area contributed by atoms with Crippen LogP contribution >= 0.6 is 0 Å². The lowest BCUT2D eigenvalue weighted by atomic mass is 10.2. The highest BCUT2D eigenvalue weighted by Crippen LogP contribution is 2.05. The summed E-state index contributed by atoms with van der Waals surface area (Å²) in [5.74, 6) is -0.379. The SMILES string of the molecule is O=CN(F)Cc1ccc(F)cc1. The van der Waals surface area contributed by atoms with Crippen LogP contribution in [0.5, 0.6) is 0 Å². The number of nitrogens with zero attached hydrogens (tertiary/aromatic N) is 1. The molecule has 0 heterocycles. The predicted molar refractivity (Wildman–Crippen MR) is 39.1 cm³/mol. The van der Waals surface area contributed by atoms with Crippen molar-refractivity contribution in [2.24, 2.45) is 0 Å². The lowest BCUT2D eigenvalue weighted by molar-refractivity contribution is -0.132. The number of hydrogen-bond acceptors (Lipinski definition) is 1. The van der Waals surface area contributed by atoms with Crippen LogP contribution in [0.25, 0.3) is 0 Å². The van der Waals surface area contributed by atoms with Crippen molar-refractivity contribution in [1.82, 2.24) is 5.12 Å². The molecule has 0 fully saturated rings. The van der Waals surface area contributed by atoms with Crippen LogP contribution in [0.3, 0.4) is 0 Å². The maximum atomic E-state index is 12.3. The van der Waals surface area contributed by atoms with Gasteiger partial charge in [0.15, 0.2) is 0 Å². The molecular formula is C8H7F2NO. The predicted octanol–water partition coefficient (Wildman–Crippen LogP) is 1.67. The van der Waals surface area contributed by atoms with Crippen LogP contribution in [0.1, 0.15) is 5.56 Å². The van der Waals surface area contributed by atoms with Gasteiger partial charge in [0.25, 0.3) is 0 Å². The third kappa shape index (κ3) is 2.30. The zero-order valence-electron chi connectivity index (χ0n) is 6.21. The first-order valence-electron chi connectivity index (χ1n) is 3.34. The largest absolute Gasteiger partial charge is 0.276 e. The van der Waals surface area contributed by atoms with Crippen molar-refractivity contribution in [2.45, 2.75) is 6.54 Å². The first kappa shape index (κ1) is 8.64. The van der Waals surface area contributed by atoms with E-state index in [0.29, 0.717) is 5.56 Å². The molecule has 0 N–H and O–H groups in total. The van der Waals surface area contributed by atoms with E-state index in [2.05, 4.69) is 0 Å². The number of halogens is 2. The van der Waals surface area contributed by atoms with E-state index in [0.717, 1.165) is 0 Å². The van der Waals surface area contributed by atoms with Crippen LogP contribution in [-0.2, 0) is 11.3 Å². The molecule has 1 rings (SSSR count). The normalized spacial score (nSPS) is 9.50. The number of carbonyl (C=O) groups excluding carboxylic acids is 1. The molecule has 0 aromatic heterocycles. The Bertz CT molecular complexity index is 260. The highest BCUT2D eigenvalue weighted by Gasteiger charge is 1.99. The van der Waals surface area contributed by atoms with E-state index in [1.807, 2.05) is 0 Å². The first-order valence-corrected chi connectivity index (χ1v) is 3.34. The summed E-state index contributed by atoms with van der Waals surface area (Å²) >= 11 is 0. The maximum Gasteiger partial charge on any atom is 0.237 e. The number of hydrogen-bond donors (Lipinski definition) is 0. The highest BCUT2D eigenvalue weighted by atomic mass is 19.2. The van der Waals surface area contributed by atoms with Crippen LogP contribution in [0.15, 0.2) is 24.3 Å². The molecule has 0 saturated carbocycles. The van der Waals surface area contributed by atoms with Gasteiger partial charge in [-0.3, -0.25) is 4.79 Å². The fourth-order valence-corrected chi connectivity index (χ4v) is 0.801. The second kappa shape index (κ2) is 3.80. The summed E-state index contributed by atoms with van der Waals surface area (Å²) in [4.78, 5) is 9.85. The average Bonchev–Trinajstić information content (AvgIpc) is 2.09. The lowest BCUT2D eigenvalue weighted by Crippen LogP contribution is -2.09. The summed E-state index contributed by atoms with van der Waals surface area (Å²) in [6.07, 6.45) is 0.0728. The molecule has 1 aromatic rings. The quantitative estimate of drug-likeness (QED) is 0.500. The number of carbonyl (C=O) groups is 1. The molecule has 0 radical (unpaired) electrons. The minimum Gasteiger partial charge on any atom is -0.276 e. The van der Waals surface area contributed by atoms with Crippen LogP contribution in [0.2, 0.25) is 0 Å². The van der Waals surface area contributed by atoms with Crippen molar-refractivity contribution in [3.63, 3.8) is 0 Å². The molecule has 0 spiro atoms. The Kier molecular flexibility index (Phi) is 2.74. The van der Waals surface area contributed by atoms with Gasteiger partial charge >= 0.3 is 0 Å². The Morgan fingerprint density at radius 2 is 1.92 bits per heavy atom. The molecular weight excluding hydrogens is 164 g/mol. The van der Waals surface area contributed by atoms with Crippen LogP contribution in [0.4, 0.5) is 8.87 Å². The summed E-state index contributed by atoms with van der Waals surface area (Å²) in [6.45, 7) is -0.149. The smallest absolute Gasteiger partial charge is 0.237 e. The molecule has 2 nitrogen and oxygen atoms in total. The van der Waals surface area contributed by atoms with Gasteiger partial charge in [-0.05, 0) is 17.7 Å². The van der Waals surface area contributed by atoms with Gasteiger partial charge in [-0.15, -0.1) is 0 Å². The summed E-state index contributed by atoms with van der Waals surface area (Å²) in [5.41, 5.74) is 0.547. The highest BCUT2D eigenvalue weighted by molar-refractivity contribution is 5.45. The molecule has 12 heavy (non-hydrogen) atoms. The Morgan fingerprint density at radius 3 is 2.42 bits per heavy atom. The summed E-state index contributed by atoms with van der Waals surface area (Å²) in [7, 11) is 0. The number of amides is 1. The van der Waals surface area contributed by atoms with Gasteiger partial charge in [-0.25, -0.2) is 4.39 Å². The molecule has 0 aliphatic rings. The minimum absolute atomic E-state index is 0.00671. The van der Waals surface area contributed by atoms with Crippen LogP contribution in [-0.4, -0.2) is 11.5 Å². The van der Waals surface area contributed by atoms with Gasteiger partial charge in [0.1, 0.15) is 5.82 Å². The van der Waals surface area contributed by atoms with Crippen molar-refractivity contribution in [3.8, 4) is 0 Å². The second-order valence-electron chi connectivity index (χ2n) is 2.29. The van der Waals surface area contributed by atoms with E-state index in [4.69, 9.17) is 0 Å². The van der Waals surface area contributed by atoms with E-state index in [1.165, 1.54) is 24.3 Å². The number of benzene rings is 1. The summed E-state index contributed by atoms with van der Waals surface area (Å²) in [6, 6.07) is 5.28. The molecule has 0 saturated heterocycles. The molecule has 0 bridgehead atoms. The van der Waals surface area contributed by atoms with Gasteiger partial charge in [-0.2, -0.15) is 5.12 Å². The molecule has 1 amide bonds. The van der Waals surface area contributed by atoms with E-state index in [1.54, 1.807) is 0 Å². The molecule has 0 atom stereocenters. The third-order valence-corrected chi connectivity index (χ3v) is 1.36. The van der Waals surface area contributed by atoms with E-state index in [-0.39, 0.29) is 23.9 Å². The Morgan fingerprint density at radius 1 is 1.33 bits per heavy atom. The number of rotatable bonds is 3. The fourth-order valence-electron chi connectivity index (χ4n) is 0.801. The van der Waals surface area contributed by atoms with Gasteiger partial charge < -0.3 is 0 Å². The van der Waals surface area contributed by atoms with Gasteiger partial charge in [0.2, 0.25) is 6.41 Å². The first-order chi connectivity index (χ1) is 5.72. The van der Waals surface area contributed by atoms with Gasteiger partial charge in [0.05, 0.1) is 6.54 Å². The van der Waals surface area contributed by atoms with Crippen molar-refractivity contribution >= 4 is 6.41 Å². The Balaban J connectivity index is 2.64. The van der Waals surface area contributed by atoms with E-state index >= 15 is 0 Å². The Hall–Kier alpha value is -1.45. The van der Waals surface area contributed by atoms with Crippen molar-refractivity contribution in [2.75, 3.05) is 0 Å². The van der Waals surface area contributed by atoms with Crippen LogP contribution < -0.4 is 0 Å². The fraction of sp³-hybridized carbons (Fsp3) is 0.125. The molecule has 0 aliphatic carbocycles. The molecule has 0 unspecified atom stereocenters. The topological polar surface area (TPSA) is 20.3 Å². The van der Waals surface area contributed by atoms with Crippen molar-refractivity contribution in [3.05, 3.63) is 35.6 Å². The molecule has 64 valence electrons. The van der Waals surface area contributed by atoms with Crippen LogP contribution in [0, 0.1) is 5.82 Å². The zero-order chi connectivity index (χ0) is 8.97.